The maximum atomic E-state index is 12.7. The standard InChI is InChI=1S/C22H23NO5/c24-21(23-10-11-27-20(13-23)22(25)26)19-12-18(19)16-6-8-17(9-7-16)28-14-15-4-2-1-3-5-15/h1-9,18-20H,10-14H2,(H,25,26)/t18-,19-,20+/m1/s1. The SMILES string of the molecule is O=C(O)[C@@H]1CN(C(=O)[C@@H]2C[C@@H]2c2ccc(OCc3ccccc3)cc2)CCO1. The summed E-state index contributed by atoms with van der Waals surface area (Å²) in [6, 6.07) is 17.9. The number of carbonyl (C=O) groups excluding carboxylic acids is 1. The van der Waals surface area contributed by atoms with Crippen LogP contribution in [-0.2, 0) is 20.9 Å². The van der Waals surface area contributed by atoms with E-state index in [1.54, 1.807) is 4.90 Å². The molecule has 0 radical (unpaired) electrons. The summed E-state index contributed by atoms with van der Waals surface area (Å²) in [4.78, 5) is 25.4. The molecule has 0 bridgehead atoms. The monoisotopic (exact) mass is 381 g/mol. The molecule has 1 heterocycles. The first-order chi connectivity index (χ1) is 13.6. The van der Waals surface area contributed by atoms with Crippen molar-refractivity contribution in [3.05, 3.63) is 65.7 Å². The van der Waals surface area contributed by atoms with Crippen LogP contribution in [0.4, 0.5) is 0 Å². The van der Waals surface area contributed by atoms with Gasteiger partial charge < -0.3 is 19.5 Å². The Morgan fingerprint density at radius 1 is 1.11 bits per heavy atom. The topological polar surface area (TPSA) is 76.1 Å². The fraction of sp³-hybridized carbons (Fsp3) is 0.364. The summed E-state index contributed by atoms with van der Waals surface area (Å²) in [6.45, 7) is 1.38. The summed E-state index contributed by atoms with van der Waals surface area (Å²) < 4.78 is 11.0. The van der Waals surface area contributed by atoms with Crippen molar-refractivity contribution < 1.29 is 24.2 Å². The molecule has 1 saturated heterocycles. The van der Waals surface area contributed by atoms with E-state index < -0.39 is 12.1 Å². The molecule has 0 aromatic heterocycles. The summed E-state index contributed by atoms with van der Waals surface area (Å²) in [5.41, 5.74) is 2.23. The molecule has 6 heteroatoms. The van der Waals surface area contributed by atoms with E-state index in [-0.39, 0.29) is 30.9 Å². The van der Waals surface area contributed by atoms with E-state index in [0.717, 1.165) is 23.3 Å². The number of ether oxygens (including phenoxy) is 2. The molecule has 0 spiro atoms. The Kier molecular flexibility index (Phi) is 5.30. The van der Waals surface area contributed by atoms with Gasteiger partial charge in [0.25, 0.3) is 0 Å². The maximum absolute atomic E-state index is 12.7. The van der Waals surface area contributed by atoms with Gasteiger partial charge in [0.05, 0.1) is 13.2 Å². The van der Waals surface area contributed by atoms with Gasteiger partial charge in [-0.25, -0.2) is 4.79 Å². The molecule has 0 unspecified atom stereocenters. The van der Waals surface area contributed by atoms with Crippen LogP contribution in [0.15, 0.2) is 54.6 Å². The lowest BCUT2D eigenvalue weighted by molar-refractivity contribution is -0.159. The van der Waals surface area contributed by atoms with Gasteiger partial charge in [0.1, 0.15) is 12.4 Å². The van der Waals surface area contributed by atoms with E-state index in [1.807, 2.05) is 54.6 Å². The second-order valence-electron chi connectivity index (χ2n) is 7.27. The van der Waals surface area contributed by atoms with Crippen LogP contribution < -0.4 is 4.74 Å². The Bertz CT molecular complexity index is 836. The number of aliphatic carboxylic acids is 1. The Hall–Kier alpha value is -2.86. The molecule has 2 aliphatic rings. The highest BCUT2D eigenvalue weighted by atomic mass is 16.5. The van der Waals surface area contributed by atoms with Gasteiger partial charge in [0, 0.05) is 12.5 Å². The zero-order chi connectivity index (χ0) is 19.5. The van der Waals surface area contributed by atoms with Crippen LogP contribution in [0.5, 0.6) is 5.75 Å². The second kappa shape index (κ2) is 8.02. The third-order valence-corrected chi connectivity index (χ3v) is 5.32. The van der Waals surface area contributed by atoms with Crippen molar-refractivity contribution in [1.82, 2.24) is 4.90 Å². The number of carbonyl (C=O) groups is 2. The molecule has 3 atom stereocenters. The normalized spacial score (nSPS) is 23.9. The highest BCUT2D eigenvalue weighted by molar-refractivity contribution is 5.84. The first-order valence-electron chi connectivity index (χ1n) is 9.51. The summed E-state index contributed by atoms with van der Waals surface area (Å²) in [5.74, 6) is -0.0565. The lowest BCUT2D eigenvalue weighted by Gasteiger charge is -2.31. The first-order valence-corrected chi connectivity index (χ1v) is 9.51. The van der Waals surface area contributed by atoms with E-state index in [1.165, 1.54) is 0 Å². The summed E-state index contributed by atoms with van der Waals surface area (Å²) in [6.07, 6.45) is -0.117. The number of hydrogen-bond acceptors (Lipinski definition) is 4. The Morgan fingerprint density at radius 3 is 2.57 bits per heavy atom. The van der Waals surface area contributed by atoms with Crippen molar-refractivity contribution in [3.8, 4) is 5.75 Å². The van der Waals surface area contributed by atoms with E-state index in [4.69, 9.17) is 14.6 Å². The number of hydrogen-bond donors (Lipinski definition) is 1. The van der Waals surface area contributed by atoms with Crippen molar-refractivity contribution in [2.24, 2.45) is 5.92 Å². The molecule has 1 saturated carbocycles. The molecular weight excluding hydrogens is 358 g/mol. The van der Waals surface area contributed by atoms with Gasteiger partial charge in [-0.15, -0.1) is 0 Å². The predicted molar refractivity (Wildman–Crippen MR) is 102 cm³/mol. The third-order valence-electron chi connectivity index (χ3n) is 5.32. The van der Waals surface area contributed by atoms with Gasteiger partial charge in [-0.1, -0.05) is 42.5 Å². The number of amides is 1. The second-order valence-corrected chi connectivity index (χ2v) is 7.27. The van der Waals surface area contributed by atoms with Crippen LogP contribution in [0.25, 0.3) is 0 Å². The van der Waals surface area contributed by atoms with Crippen LogP contribution in [0.1, 0.15) is 23.5 Å². The predicted octanol–water partition coefficient (Wildman–Crippen LogP) is 2.68. The minimum absolute atomic E-state index is 0.0314. The van der Waals surface area contributed by atoms with Crippen LogP contribution in [0.2, 0.25) is 0 Å². The summed E-state index contributed by atoms with van der Waals surface area (Å²) in [5, 5.41) is 9.09. The van der Waals surface area contributed by atoms with Gasteiger partial charge in [-0.3, -0.25) is 4.79 Å². The average molecular weight is 381 g/mol. The zero-order valence-corrected chi connectivity index (χ0v) is 15.5. The average Bonchev–Trinajstić information content (AvgIpc) is 3.54. The van der Waals surface area contributed by atoms with Crippen LogP contribution in [0, 0.1) is 5.92 Å². The van der Waals surface area contributed by atoms with Crippen molar-refractivity contribution in [1.29, 1.82) is 0 Å². The third kappa shape index (κ3) is 4.17. The van der Waals surface area contributed by atoms with Crippen LogP contribution in [0.3, 0.4) is 0 Å². The molecule has 28 heavy (non-hydrogen) atoms. The molecule has 1 amide bonds. The highest BCUT2D eigenvalue weighted by Crippen LogP contribution is 2.48. The number of rotatable bonds is 6. The molecule has 6 nitrogen and oxygen atoms in total. The molecule has 2 aromatic carbocycles. The summed E-state index contributed by atoms with van der Waals surface area (Å²) >= 11 is 0. The fourth-order valence-electron chi connectivity index (χ4n) is 3.62. The summed E-state index contributed by atoms with van der Waals surface area (Å²) in [7, 11) is 0. The first kappa shape index (κ1) is 18.5. The zero-order valence-electron chi connectivity index (χ0n) is 15.5. The fourth-order valence-corrected chi connectivity index (χ4v) is 3.62. The lowest BCUT2D eigenvalue weighted by atomic mass is 10.1. The number of carboxylic acid groups (broad SMARTS) is 1. The quantitative estimate of drug-likeness (QED) is 0.833. The van der Waals surface area contributed by atoms with E-state index in [9.17, 15) is 9.59 Å². The largest absolute Gasteiger partial charge is 0.489 e. The number of morpholine rings is 1. The van der Waals surface area contributed by atoms with E-state index >= 15 is 0 Å². The maximum Gasteiger partial charge on any atom is 0.334 e. The van der Waals surface area contributed by atoms with Crippen LogP contribution >= 0.6 is 0 Å². The molecule has 146 valence electrons. The smallest absolute Gasteiger partial charge is 0.334 e. The molecule has 4 rings (SSSR count). The van der Waals surface area contributed by atoms with Crippen molar-refractivity contribution >= 4 is 11.9 Å². The Morgan fingerprint density at radius 2 is 1.86 bits per heavy atom. The van der Waals surface area contributed by atoms with Crippen LogP contribution in [-0.4, -0.2) is 47.7 Å². The van der Waals surface area contributed by atoms with Crippen molar-refractivity contribution in [3.63, 3.8) is 0 Å². The van der Waals surface area contributed by atoms with E-state index in [2.05, 4.69) is 0 Å². The highest BCUT2D eigenvalue weighted by Gasteiger charge is 2.46. The number of nitrogens with zero attached hydrogens (tertiary/aromatic N) is 1. The Balaban J connectivity index is 1.31. The van der Waals surface area contributed by atoms with Crippen molar-refractivity contribution in [2.75, 3.05) is 19.7 Å². The molecule has 1 aliphatic heterocycles. The lowest BCUT2D eigenvalue weighted by Crippen LogP contribution is -2.49. The van der Waals surface area contributed by atoms with Gasteiger partial charge in [-0.2, -0.15) is 0 Å². The van der Waals surface area contributed by atoms with Gasteiger partial charge in [0.2, 0.25) is 5.91 Å². The molecular formula is C22H23NO5. The van der Waals surface area contributed by atoms with Gasteiger partial charge in [0.15, 0.2) is 6.10 Å². The minimum atomic E-state index is -1.02. The molecule has 2 aromatic rings. The molecule has 1 N–H and O–H groups in total. The van der Waals surface area contributed by atoms with Gasteiger partial charge >= 0.3 is 5.97 Å². The minimum Gasteiger partial charge on any atom is -0.489 e. The van der Waals surface area contributed by atoms with Gasteiger partial charge in [-0.05, 0) is 35.6 Å². The Labute approximate surface area is 163 Å². The van der Waals surface area contributed by atoms with Crippen molar-refractivity contribution in [2.45, 2.75) is 25.0 Å². The van der Waals surface area contributed by atoms with E-state index in [0.29, 0.717) is 13.2 Å². The molecule has 2 fully saturated rings. The number of carboxylic acids is 1. The molecule has 1 aliphatic carbocycles. The number of benzene rings is 2.